The van der Waals surface area contributed by atoms with Gasteiger partial charge in [-0.1, -0.05) is 40.9 Å². The second kappa shape index (κ2) is 13.3. The minimum atomic E-state index is -4.09. The second-order valence-corrected chi connectivity index (χ2v) is 13.4. The average molecular weight is 698 g/mol. The molecule has 3 aromatic carbocycles. The predicted molar refractivity (Wildman–Crippen MR) is 176 cm³/mol. The predicted octanol–water partition coefficient (Wildman–Crippen LogP) is 6.29. The number of phenols is 1. The van der Waals surface area contributed by atoms with Crippen molar-refractivity contribution in [3.05, 3.63) is 106 Å². The zero-order valence-corrected chi connectivity index (χ0v) is 27.3. The number of sulfone groups is 1. The first kappa shape index (κ1) is 33.3. The zero-order valence-electron chi connectivity index (χ0n) is 24.9. The van der Waals surface area contributed by atoms with Crippen LogP contribution in [-0.2, 0) is 19.4 Å². The van der Waals surface area contributed by atoms with Gasteiger partial charge in [0.15, 0.2) is 15.6 Å². The Morgan fingerprint density at radius 3 is 2.26 bits per heavy atom. The van der Waals surface area contributed by atoms with E-state index in [2.05, 4.69) is 15.6 Å². The normalized spacial score (nSPS) is 11.9. The van der Waals surface area contributed by atoms with Gasteiger partial charge in [-0.3, -0.25) is 9.59 Å². The Kier molecular flexibility index (Phi) is 9.43. The molecule has 0 aliphatic carbocycles. The molecule has 0 aliphatic heterocycles. The molecule has 0 aliphatic rings. The fourth-order valence-electron chi connectivity index (χ4n) is 4.34. The van der Waals surface area contributed by atoms with E-state index in [4.69, 9.17) is 32.7 Å². The number of aromatic hydroxyl groups is 1. The van der Waals surface area contributed by atoms with Gasteiger partial charge in [-0.25, -0.2) is 18.2 Å². The van der Waals surface area contributed by atoms with Crippen LogP contribution in [0.3, 0.4) is 0 Å². The summed E-state index contributed by atoms with van der Waals surface area (Å²) in [4.78, 5) is 42.5. The first-order valence-corrected chi connectivity index (χ1v) is 16.1. The molecule has 242 valence electrons. The van der Waals surface area contributed by atoms with Gasteiger partial charge >= 0.3 is 5.97 Å². The molecule has 2 heterocycles. The highest BCUT2D eigenvalue weighted by atomic mass is 35.5. The third kappa shape index (κ3) is 7.17. The highest BCUT2D eigenvalue weighted by molar-refractivity contribution is 7.92. The molecule has 47 heavy (non-hydrogen) atoms. The summed E-state index contributed by atoms with van der Waals surface area (Å²) in [6, 6.07) is 15.7. The van der Waals surface area contributed by atoms with E-state index in [0.29, 0.717) is 5.65 Å². The van der Waals surface area contributed by atoms with Crippen LogP contribution in [0.2, 0.25) is 10.0 Å². The van der Waals surface area contributed by atoms with Gasteiger partial charge < -0.3 is 29.6 Å². The third-order valence-corrected chi connectivity index (χ3v) is 9.81. The van der Waals surface area contributed by atoms with E-state index in [0.717, 1.165) is 11.6 Å². The number of amides is 2. The Morgan fingerprint density at radius 2 is 1.60 bits per heavy atom. The Labute approximate surface area is 278 Å². The number of aryl methyl sites for hydroxylation is 1. The van der Waals surface area contributed by atoms with Crippen molar-refractivity contribution < 1.29 is 37.4 Å². The summed E-state index contributed by atoms with van der Waals surface area (Å²) in [5.41, 5.74) is 1.18. The number of carbonyl (C=O) groups is 3. The minimum absolute atomic E-state index is 0.0314. The summed E-state index contributed by atoms with van der Waals surface area (Å²) < 4.78 is 38.6. The lowest BCUT2D eigenvalue weighted by molar-refractivity contribution is -0.115. The van der Waals surface area contributed by atoms with Crippen LogP contribution < -0.4 is 15.4 Å². The number of carbonyl (C=O) groups excluding carboxylic acids is 3. The first-order valence-electron chi connectivity index (χ1n) is 13.8. The zero-order chi connectivity index (χ0) is 34.0. The van der Waals surface area contributed by atoms with Crippen molar-refractivity contribution in [1.29, 1.82) is 0 Å². The van der Waals surface area contributed by atoms with E-state index in [9.17, 15) is 27.9 Å². The number of aromatic nitrogens is 2. The van der Waals surface area contributed by atoms with Crippen LogP contribution in [-0.4, -0.2) is 53.1 Å². The van der Waals surface area contributed by atoms with E-state index in [1.807, 2.05) is 0 Å². The van der Waals surface area contributed by atoms with Crippen molar-refractivity contribution in [3.8, 4) is 17.2 Å². The van der Waals surface area contributed by atoms with Crippen LogP contribution in [0, 0.1) is 6.92 Å². The minimum Gasteiger partial charge on any atom is -0.506 e. The number of nitrogens with zero attached hydrogens (tertiary/aromatic N) is 2. The van der Waals surface area contributed by atoms with Crippen LogP contribution in [0.15, 0.2) is 84.0 Å². The Morgan fingerprint density at radius 1 is 0.915 bits per heavy atom. The fourth-order valence-corrected chi connectivity index (χ4v) is 5.91. The molecular weight excluding hydrogens is 671 g/mol. The van der Waals surface area contributed by atoms with Crippen molar-refractivity contribution in [2.24, 2.45) is 0 Å². The van der Waals surface area contributed by atoms with E-state index < -0.39 is 38.6 Å². The number of anilines is 2. The van der Waals surface area contributed by atoms with Crippen molar-refractivity contribution in [2.45, 2.75) is 24.0 Å². The molecule has 0 saturated carbocycles. The number of imidazole rings is 1. The van der Waals surface area contributed by atoms with Gasteiger partial charge in [-0.2, -0.15) is 0 Å². The van der Waals surface area contributed by atoms with Gasteiger partial charge in [-0.15, -0.1) is 0 Å². The number of halogens is 2. The summed E-state index contributed by atoms with van der Waals surface area (Å²) in [5.74, 6) is -2.55. The number of rotatable bonds is 9. The maximum Gasteiger partial charge on any atom is 0.337 e. The first-order chi connectivity index (χ1) is 22.3. The monoisotopic (exact) mass is 696 g/mol. The summed E-state index contributed by atoms with van der Waals surface area (Å²) in [5, 5.41) is 14.9. The van der Waals surface area contributed by atoms with Gasteiger partial charge in [0.25, 0.3) is 5.91 Å². The molecule has 2 amide bonds. The Bertz CT molecular complexity index is 2090. The van der Waals surface area contributed by atoms with Crippen LogP contribution >= 0.6 is 23.2 Å². The molecule has 0 saturated heterocycles. The maximum atomic E-state index is 13.3. The maximum absolute atomic E-state index is 13.3. The molecule has 3 N–H and O–H groups in total. The fraction of sp³-hybridized carbons (Fsp3) is 0.125. The number of nitrogens with one attached hydrogen (secondary N) is 2. The average Bonchev–Trinajstić information content (AvgIpc) is 3.45. The number of benzene rings is 3. The molecule has 0 bridgehead atoms. The molecule has 5 rings (SSSR count). The van der Waals surface area contributed by atoms with Crippen molar-refractivity contribution in [1.82, 2.24) is 9.38 Å². The van der Waals surface area contributed by atoms with Crippen molar-refractivity contribution >= 4 is 67.8 Å². The van der Waals surface area contributed by atoms with E-state index in [1.165, 1.54) is 79.4 Å². The van der Waals surface area contributed by atoms with Gasteiger partial charge in [0.2, 0.25) is 5.91 Å². The molecule has 0 spiro atoms. The lowest BCUT2D eigenvalue weighted by Gasteiger charge is -2.18. The molecule has 0 fully saturated rings. The van der Waals surface area contributed by atoms with Crippen molar-refractivity contribution in [3.63, 3.8) is 0 Å². The quantitative estimate of drug-likeness (QED) is 0.119. The van der Waals surface area contributed by atoms with Gasteiger partial charge in [0.1, 0.15) is 28.1 Å². The SMILES string of the molecule is COC(=O)c1ccc(Oc2cc(NC(=O)c3cn4cc(Cl)c(Cl)cc4n3)c(O)cc2NC(=O)C(C)S(=O)(=O)c2ccc(C)cc2)cc1. The second-order valence-electron chi connectivity index (χ2n) is 10.3. The van der Waals surface area contributed by atoms with E-state index in [-0.39, 0.29) is 49.1 Å². The molecular formula is C32H26Cl2N4O8S. The Hall–Kier alpha value is -5.11. The number of pyridine rings is 1. The summed E-state index contributed by atoms with van der Waals surface area (Å²) >= 11 is 12.1. The van der Waals surface area contributed by atoms with Crippen LogP contribution in [0.25, 0.3) is 5.65 Å². The molecule has 5 aromatic rings. The van der Waals surface area contributed by atoms with Crippen LogP contribution in [0.1, 0.15) is 33.3 Å². The van der Waals surface area contributed by atoms with Gasteiger partial charge in [0.05, 0.1) is 39.0 Å². The molecule has 0 radical (unpaired) electrons. The molecule has 15 heteroatoms. The lowest BCUT2D eigenvalue weighted by atomic mass is 10.2. The van der Waals surface area contributed by atoms with Gasteiger partial charge in [0, 0.05) is 30.6 Å². The largest absolute Gasteiger partial charge is 0.506 e. The molecule has 1 unspecified atom stereocenters. The van der Waals surface area contributed by atoms with Crippen LogP contribution in [0.4, 0.5) is 11.4 Å². The topological polar surface area (TPSA) is 165 Å². The number of phenolic OH excluding ortho intramolecular Hbond substituents is 1. The van der Waals surface area contributed by atoms with Gasteiger partial charge in [-0.05, 0) is 50.2 Å². The lowest BCUT2D eigenvalue weighted by Crippen LogP contribution is -2.32. The number of hydrogen-bond donors (Lipinski definition) is 3. The molecule has 2 aromatic heterocycles. The summed E-state index contributed by atoms with van der Waals surface area (Å²) in [6.07, 6.45) is 2.89. The molecule has 12 nitrogen and oxygen atoms in total. The summed E-state index contributed by atoms with van der Waals surface area (Å²) in [6.45, 7) is 3.04. The number of methoxy groups -OCH3 is 1. The standard InChI is InChI=1S/C32H26Cl2N4O8S/c1-17-4-10-21(11-5-17)47(43,44)18(2)30(40)37-25-13-27(39)24(14-28(25)46-20-8-6-19(7-9-20)32(42)45-3)36-31(41)26-16-38-15-23(34)22(33)12-29(38)35-26/h4-16,18,39H,1-3H3,(H,36,41)(H,37,40). The number of fused-ring (bicyclic) bond motifs is 1. The number of ether oxygens (including phenoxy) is 2. The number of esters is 1. The summed E-state index contributed by atoms with van der Waals surface area (Å²) in [7, 11) is -2.84. The highest BCUT2D eigenvalue weighted by Gasteiger charge is 2.31. The van der Waals surface area contributed by atoms with Crippen LogP contribution in [0.5, 0.6) is 17.2 Å². The number of hydrogen-bond acceptors (Lipinski definition) is 9. The smallest absolute Gasteiger partial charge is 0.337 e. The Balaban J connectivity index is 1.47. The van der Waals surface area contributed by atoms with E-state index >= 15 is 0 Å². The third-order valence-electron chi connectivity index (χ3n) is 7.02. The molecule has 1 atom stereocenters. The highest BCUT2D eigenvalue weighted by Crippen LogP contribution is 2.39. The van der Waals surface area contributed by atoms with E-state index in [1.54, 1.807) is 19.1 Å². The van der Waals surface area contributed by atoms with Crippen molar-refractivity contribution in [2.75, 3.05) is 17.7 Å².